The Morgan fingerprint density at radius 2 is 1.62 bits per heavy atom. The number of aliphatic hydroxyl groups excluding tert-OH is 1. The highest BCUT2D eigenvalue weighted by molar-refractivity contribution is 5.74. The van der Waals surface area contributed by atoms with Gasteiger partial charge in [-0.1, -0.05) is 30.3 Å². The van der Waals surface area contributed by atoms with Gasteiger partial charge in [-0.25, -0.2) is 13.6 Å². The van der Waals surface area contributed by atoms with E-state index < -0.39 is 29.3 Å². The van der Waals surface area contributed by atoms with Crippen LogP contribution in [0.4, 0.5) is 8.78 Å². The molecule has 3 aromatic carbocycles. The summed E-state index contributed by atoms with van der Waals surface area (Å²) in [4.78, 5) is 13.3. The zero-order valence-corrected chi connectivity index (χ0v) is 21.7. The summed E-state index contributed by atoms with van der Waals surface area (Å²) >= 11 is 0. The molecule has 1 aliphatic rings. The fourth-order valence-electron chi connectivity index (χ4n) is 5.25. The molecule has 0 aliphatic carbocycles. The number of benzene rings is 3. The summed E-state index contributed by atoms with van der Waals surface area (Å²) in [5, 5.41) is 30.7. The van der Waals surface area contributed by atoms with Crippen LogP contribution >= 0.6 is 0 Å². The second kappa shape index (κ2) is 12.5. The van der Waals surface area contributed by atoms with Gasteiger partial charge in [0.1, 0.15) is 17.2 Å². The van der Waals surface area contributed by atoms with Crippen LogP contribution < -0.4 is 9.47 Å². The van der Waals surface area contributed by atoms with Crippen LogP contribution in [-0.2, 0) is 10.4 Å². The van der Waals surface area contributed by atoms with Crippen molar-refractivity contribution in [3.8, 4) is 11.5 Å². The van der Waals surface area contributed by atoms with Crippen molar-refractivity contribution in [2.75, 3.05) is 33.4 Å². The number of ether oxygens (including phenoxy) is 2. The van der Waals surface area contributed by atoms with E-state index in [-0.39, 0.29) is 11.5 Å². The van der Waals surface area contributed by atoms with Crippen molar-refractivity contribution >= 4 is 5.97 Å². The molecule has 1 atom stereocenters. The molecule has 1 heterocycles. The first kappa shape index (κ1) is 28.5. The zero-order chi connectivity index (χ0) is 28.0. The number of aliphatic carboxylic acids is 1. The van der Waals surface area contributed by atoms with Crippen molar-refractivity contribution in [2.24, 2.45) is 5.92 Å². The molecule has 3 N–H and O–H groups in total. The molecule has 0 saturated carbocycles. The van der Waals surface area contributed by atoms with Gasteiger partial charge in [0.25, 0.3) is 0 Å². The van der Waals surface area contributed by atoms with Gasteiger partial charge < -0.3 is 29.7 Å². The average Bonchev–Trinajstić information content (AvgIpc) is 2.94. The van der Waals surface area contributed by atoms with Crippen molar-refractivity contribution in [3.63, 3.8) is 0 Å². The molecule has 0 bridgehead atoms. The van der Waals surface area contributed by atoms with Crippen LogP contribution in [0, 0.1) is 17.6 Å². The number of likely N-dealkylation sites (tertiary alicyclic amines) is 1. The molecule has 1 fully saturated rings. The highest BCUT2D eigenvalue weighted by Gasteiger charge is 2.42. The Morgan fingerprint density at radius 3 is 2.15 bits per heavy atom. The molecule has 1 saturated heterocycles. The van der Waals surface area contributed by atoms with Gasteiger partial charge in [-0.15, -0.1) is 0 Å². The number of carbonyl (C=O) groups is 1. The minimum absolute atomic E-state index is 0.200. The van der Waals surface area contributed by atoms with Crippen LogP contribution in [-0.4, -0.2) is 59.5 Å². The Balaban J connectivity index is 1.35. The van der Waals surface area contributed by atoms with Crippen molar-refractivity contribution in [2.45, 2.75) is 31.0 Å². The highest BCUT2D eigenvalue weighted by atomic mass is 19.1. The predicted octanol–water partition coefficient (Wildman–Crippen LogP) is 4.51. The average molecular weight is 542 g/mol. The van der Waals surface area contributed by atoms with E-state index in [4.69, 9.17) is 14.6 Å². The fourth-order valence-corrected chi connectivity index (χ4v) is 5.25. The topological polar surface area (TPSA) is 99.5 Å². The Labute approximate surface area is 226 Å². The van der Waals surface area contributed by atoms with E-state index in [9.17, 15) is 23.8 Å². The molecule has 0 radical (unpaired) electrons. The van der Waals surface area contributed by atoms with Crippen LogP contribution in [0.3, 0.4) is 0 Å². The van der Waals surface area contributed by atoms with Crippen LogP contribution in [0.1, 0.15) is 42.1 Å². The van der Waals surface area contributed by atoms with Gasteiger partial charge in [-0.2, -0.15) is 0 Å². The summed E-state index contributed by atoms with van der Waals surface area (Å²) in [6, 6.07) is 16.3. The number of rotatable bonds is 11. The van der Waals surface area contributed by atoms with Gasteiger partial charge in [0, 0.05) is 6.54 Å². The number of nitrogens with zero attached hydrogens (tertiary/aromatic N) is 1. The fraction of sp³-hybridized carbons (Fsp3) is 0.367. The molecule has 3 aromatic rings. The zero-order valence-electron chi connectivity index (χ0n) is 21.7. The van der Waals surface area contributed by atoms with Crippen molar-refractivity contribution in [3.05, 3.63) is 95.1 Å². The number of methoxy groups -OCH3 is 1. The lowest BCUT2D eigenvalue weighted by atomic mass is 9.72. The smallest absolute Gasteiger partial charge is 0.337 e. The van der Waals surface area contributed by atoms with Crippen LogP contribution in [0.15, 0.2) is 66.7 Å². The first-order chi connectivity index (χ1) is 18.7. The second-order valence-electron chi connectivity index (χ2n) is 9.76. The van der Waals surface area contributed by atoms with Crippen molar-refractivity contribution in [1.82, 2.24) is 4.90 Å². The molecule has 1 unspecified atom stereocenters. The second-order valence-corrected chi connectivity index (χ2v) is 9.76. The van der Waals surface area contributed by atoms with Gasteiger partial charge in [-0.3, -0.25) is 0 Å². The lowest BCUT2D eigenvalue weighted by Gasteiger charge is -2.42. The lowest BCUT2D eigenvalue weighted by Crippen LogP contribution is -2.44. The lowest BCUT2D eigenvalue weighted by molar-refractivity contribution is -0.146. The SMILES string of the molecule is COc1cc(C(O)C(=O)O)ccc1OCCCN1CCC(C(O)(c2cccc(F)c2)c2cccc(F)c2)CC1. The number of hydrogen-bond donors (Lipinski definition) is 3. The third kappa shape index (κ3) is 6.55. The third-order valence-corrected chi connectivity index (χ3v) is 7.32. The van der Waals surface area contributed by atoms with Gasteiger partial charge in [0.2, 0.25) is 0 Å². The standard InChI is InChI=1S/C30H33F2NO6/c1-38-27-17-20(28(34)29(35)36)9-10-26(27)39-16-4-13-33-14-11-21(12-15-33)30(37,22-5-2-7-24(31)18-22)23-6-3-8-25(32)19-23/h2-3,5-10,17-19,21,28,34,37H,4,11-16H2,1H3,(H,35,36). The molecular formula is C30H33F2NO6. The molecule has 4 rings (SSSR count). The van der Waals surface area contributed by atoms with Gasteiger partial charge in [-0.05, 0) is 91.4 Å². The summed E-state index contributed by atoms with van der Waals surface area (Å²) < 4.78 is 39.3. The Bertz CT molecular complexity index is 1230. The summed E-state index contributed by atoms with van der Waals surface area (Å²) in [6.07, 6.45) is 0.359. The molecule has 39 heavy (non-hydrogen) atoms. The number of hydrogen-bond acceptors (Lipinski definition) is 6. The summed E-state index contributed by atoms with van der Waals surface area (Å²) in [5.41, 5.74) is -0.492. The van der Waals surface area contributed by atoms with E-state index in [2.05, 4.69) is 4.90 Å². The van der Waals surface area contributed by atoms with Gasteiger partial charge in [0.05, 0.1) is 13.7 Å². The van der Waals surface area contributed by atoms with Crippen LogP contribution in [0.2, 0.25) is 0 Å². The maximum atomic E-state index is 14.1. The monoisotopic (exact) mass is 541 g/mol. The highest BCUT2D eigenvalue weighted by Crippen LogP contribution is 2.42. The molecule has 0 spiro atoms. The minimum atomic E-state index is -1.64. The van der Waals surface area contributed by atoms with E-state index in [1.54, 1.807) is 30.3 Å². The van der Waals surface area contributed by atoms with E-state index in [0.717, 1.165) is 6.54 Å². The maximum Gasteiger partial charge on any atom is 0.337 e. The molecule has 7 nitrogen and oxygen atoms in total. The summed E-state index contributed by atoms with van der Waals surface area (Å²) in [6.45, 7) is 2.57. The maximum absolute atomic E-state index is 14.1. The number of piperidine rings is 1. The number of carboxylic acid groups (broad SMARTS) is 1. The van der Waals surface area contributed by atoms with E-state index in [1.165, 1.54) is 43.5 Å². The summed E-state index contributed by atoms with van der Waals surface area (Å²) in [5.74, 6) is -1.69. The third-order valence-electron chi connectivity index (χ3n) is 7.32. The van der Waals surface area contributed by atoms with E-state index in [1.807, 2.05) is 0 Å². The number of halogens is 2. The van der Waals surface area contributed by atoms with Crippen molar-refractivity contribution in [1.29, 1.82) is 0 Å². The van der Waals surface area contributed by atoms with E-state index >= 15 is 0 Å². The van der Waals surface area contributed by atoms with E-state index in [0.29, 0.717) is 61.6 Å². The molecule has 0 aromatic heterocycles. The molecule has 9 heteroatoms. The normalized spacial score (nSPS) is 15.6. The quantitative estimate of drug-likeness (QED) is 0.307. The Kier molecular flexibility index (Phi) is 9.16. The first-order valence-corrected chi connectivity index (χ1v) is 12.9. The van der Waals surface area contributed by atoms with Gasteiger partial charge in [0.15, 0.2) is 17.6 Å². The number of aliphatic hydroxyl groups is 2. The van der Waals surface area contributed by atoms with Crippen LogP contribution in [0.5, 0.6) is 11.5 Å². The predicted molar refractivity (Wildman–Crippen MR) is 141 cm³/mol. The minimum Gasteiger partial charge on any atom is -0.493 e. The molecular weight excluding hydrogens is 508 g/mol. The Hall–Kier alpha value is -3.53. The first-order valence-electron chi connectivity index (χ1n) is 12.9. The number of carboxylic acids is 1. The Morgan fingerprint density at radius 1 is 1.00 bits per heavy atom. The van der Waals surface area contributed by atoms with Crippen LogP contribution in [0.25, 0.3) is 0 Å². The largest absolute Gasteiger partial charge is 0.493 e. The summed E-state index contributed by atoms with van der Waals surface area (Å²) in [7, 11) is 1.44. The molecule has 208 valence electrons. The van der Waals surface area contributed by atoms with Gasteiger partial charge >= 0.3 is 5.97 Å². The molecule has 1 aliphatic heterocycles. The van der Waals surface area contributed by atoms with Crippen molar-refractivity contribution < 1.29 is 38.4 Å². The molecule has 0 amide bonds.